The molecule has 0 aromatic carbocycles. The number of aromatic nitrogens is 1. The Hall–Kier alpha value is -1.83. The Kier molecular flexibility index (Phi) is 4.35. The number of nitrogens with zero attached hydrogens (tertiary/aromatic N) is 1. The van der Waals surface area contributed by atoms with E-state index >= 15 is 0 Å². The van der Waals surface area contributed by atoms with Gasteiger partial charge in [-0.2, -0.15) is 0 Å². The number of hydrogen-bond acceptors (Lipinski definition) is 2. The Morgan fingerprint density at radius 2 is 1.67 bits per heavy atom. The van der Waals surface area contributed by atoms with Gasteiger partial charge in [-0.3, -0.25) is 0 Å². The number of anilines is 1. The summed E-state index contributed by atoms with van der Waals surface area (Å²) in [5.41, 5.74) is 5.64. The Bertz CT molecular complexity index is 482. The minimum Gasteiger partial charge on any atom is -0.384 e. The molecule has 2 nitrogen and oxygen atoms in total. The van der Waals surface area contributed by atoms with Crippen LogP contribution in [-0.4, -0.2) is 4.98 Å². The first-order chi connectivity index (χ1) is 7.27. The van der Waals surface area contributed by atoms with Gasteiger partial charge in [-0.05, 0) is 25.1 Å². The van der Waals surface area contributed by atoms with Crippen molar-refractivity contribution in [2.24, 2.45) is 0 Å². The Balaban J connectivity index is 3.39. The minimum atomic E-state index is 0.545. The van der Waals surface area contributed by atoms with Gasteiger partial charge in [0.25, 0.3) is 0 Å². The summed E-state index contributed by atoms with van der Waals surface area (Å²) in [6.45, 7) is 3.97. The van der Waals surface area contributed by atoms with Crippen LogP contribution in [0.2, 0.25) is 0 Å². The van der Waals surface area contributed by atoms with Crippen LogP contribution in [0.15, 0.2) is 36.6 Å². The third kappa shape index (κ3) is 3.43. The Morgan fingerprint density at radius 3 is 2.27 bits per heavy atom. The predicted octanol–water partition coefficient (Wildman–Crippen LogP) is 1.38. The monoisotopic (exact) mass is 200 g/mol. The smallest absolute Gasteiger partial charge is 0.123 e. The van der Waals surface area contributed by atoms with Crippen LogP contribution in [-0.2, 0) is 0 Å². The van der Waals surface area contributed by atoms with Gasteiger partial charge in [0.1, 0.15) is 5.82 Å². The maximum atomic E-state index is 5.64. The molecule has 0 aliphatic carbocycles. The first-order valence-corrected chi connectivity index (χ1v) is 4.95. The molecule has 1 heterocycles. The van der Waals surface area contributed by atoms with Crippen LogP contribution < -0.4 is 16.2 Å². The lowest BCUT2D eigenvalue weighted by molar-refractivity contribution is 1.28. The summed E-state index contributed by atoms with van der Waals surface area (Å²) in [6, 6.07) is 1.87. The molecule has 0 aliphatic rings. The summed E-state index contributed by atoms with van der Waals surface area (Å²) in [4.78, 5) is 4.07. The molecule has 0 radical (unpaired) electrons. The quantitative estimate of drug-likeness (QED) is 0.783. The molecule has 0 bridgehead atoms. The molecule has 78 valence electrons. The van der Waals surface area contributed by atoms with Crippen LogP contribution in [0.3, 0.4) is 0 Å². The highest BCUT2D eigenvalue weighted by molar-refractivity contribution is 5.45. The number of allylic oxidation sites excluding steroid dienone is 4. The fraction of sp³-hybridized carbons (Fsp3) is 0.154. The molecule has 0 amide bonds. The van der Waals surface area contributed by atoms with Crippen LogP contribution in [0, 0.1) is 0 Å². The van der Waals surface area contributed by atoms with E-state index in [9.17, 15) is 0 Å². The van der Waals surface area contributed by atoms with Gasteiger partial charge in [0.15, 0.2) is 0 Å². The summed E-state index contributed by atoms with van der Waals surface area (Å²) in [6.07, 6.45) is 13.8. The summed E-state index contributed by atoms with van der Waals surface area (Å²) < 4.78 is 0. The summed E-state index contributed by atoms with van der Waals surface area (Å²) in [5.74, 6) is 0.545. The number of nitrogens with two attached hydrogens (primary N) is 1. The molecule has 0 aliphatic heterocycles. The molecule has 0 unspecified atom stereocenters. The van der Waals surface area contributed by atoms with Crippen molar-refractivity contribution >= 4 is 18.0 Å². The number of rotatable bonds is 2. The third-order valence-electron chi connectivity index (χ3n) is 1.93. The van der Waals surface area contributed by atoms with Crippen molar-refractivity contribution in [3.05, 3.63) is 47.0 Å². The first kappa shape index (κ1) is 11.2. The maximum absolute atomic E-state index is 5.64. The molecule has 2 heteroatoms. The Labute approximate surface area is 90.2 Å². The largest absolute Gasteiger partial charge is 0.384 e. The zero-order chi connectivity index (χ0) is 11.1. The summed E-state index contributed by atoms with van der Waals surface area (Å²) in [7, 11) is 0. The normalized spacial score (nSPS) is 14.5. The molecule has 0 atom stereocenters. The van der Waals surface area contributed by atoms with Crippen LogP contribution in [0.25, 0.3) is 12.2 Å². The highest BCUT2D eigenvalue weighted by Gasteiger charge is 1.87. The first-order valence-electron chi connectivity index (χ1n) is 4.95. The zero-order valence-electron chi connectivity index (χ0n) is 9.14. The lowest BCUT2D eigenvalue weighted by Crippen LogP contribution is -2.25. The molecule has 0 saturated carbocycles. The van der Waals surface area contributed by atoms with Gasteiger partial charge >= 0.3 is 0 Å². The van der Waals surface area contributed by atoms with Gasteiger partial charge in [-0.25, -0.2) is 4.98 Å². The second-order valence-electron chi connectivity index (χ2n) is 3.12. The van der Waals surface area contributed by atoms with Crippen molar-refractivity contribution < 1.29 is 0 Å². The minimum absolute atomic E-state index is 0.545. The van der Waals surface area contributed by atoms with Crippen molar-refractivity contribution in [2.75, 3.05) is 5.73 Å². The zero-order valence-corrected chi connectivity index (χ0v) is 9.14. The van der Waals surface area contributed by atoms with Crippen LogP contribution in [0.4, 0.5) is 5.82 Å². The van der Waals surface area contributed by atoms with E-state index < -0.39 is 0 Å². The van der Waals surface area contributed by atoms with Crippen molar-refractivity contribution in [1.82, 2.24) is 4.98 Å². The molecule has 1 aromatic rings. The topological polar surface area (TPSA) is 38.9 Å². The van der Waals surface area contributed by atoms with Crippen molar-refractivity contribution in [3.63, 3.8) is 0 Å². The van der Waals surface area contributed by atoms with Gasteiger partial charge in [0.2, 0.25) is 0 Å². The number of pyridine rings is 1. The standard InChI is InChI=1S/C13H16N2/c1-3-5-7-11-9-13(14)15-10-12(11)8-6-4-2/h3-10H,14H2,1-2H3/b5-3-,6-4+,11-7-,12-8-. The fourth-order valence-corrected chi connectivity index (χ4v) is 1.18. The maximum Gasteiger partial charge on any atom is 0.123 e. The lowest BCUT2D eigenvalue weighted by Gasteiger charge is -1.92. The van der Waals surface area contributed by atoms with E-state index in [-0.39, 0.29) is 0 Å². The average molecular weight is 200 g/mol. The molecule has 2 N–H and O–H groups in total. The molecule has 1 aromatic heterocycles. The van der Waals surface area contributed by atoms with E-state index in [4.69, 9.17) is 5.73 Å². The Morgan fingerprint density at radius 1 is 1.07 bits per heavy atom. The van der Waals surface area contributed by atoms with E-state index in [1.165, 1.54) is 0 Å². The summed E-state index contributed by atoms with van der Waals surface area (Å²) in [5, 5.41) is 2.15. The third-order valence-corrected chi connectivity index (χ3v) is 1.93. The molecule has 0 spiro atoms. The lowest BCUT2D eigenvalue weighted by atomic mass is 10.2. The van der Waals surface area contributed by atoms with Crippen molar-refractivity contribution in [2.45, 2.75) is 13.8 Å². The van der Waals surface area contributed by atoms with Crippen LogP contribution in [0.5, 0.6) is 0 Å². The van der Waals surface area contributed by atoms with Gasteiger partial charge in [0, 0.05) is 11.4 Å². The van der Waals surface area contributed by atoms with E-state index in [1.807, 2.05) is 56.4 Å². The van der Waals surface area contributed by atoms with Gasteiger partial charge in [-0.1, -0.05) is 36.5 Å². The molecule has 0 saturated heterocycles. The molecule has 1 rings (SSSR count). The SMILES string of the molecule is C\C=C/C=c1/cc(N)nc/c1=C/C=C/C. The molecular weight excluding hydrogens is 184 g/mol. The number of hydrogen-bond donors (Lipinski definition) is 1. The number of nitrogen functional groups attached to an aromatic ring is 1. The second-order valence-corrected chi connectivity index (χ2v) is 3.12. The fourth-order valence-electron chi connectivity index (χ4n) is 1.18. The van der Waals surface area contributed by atoms with Gasteiger partial charge in [0.05, 0.1) is 0 Å². The van der Waals surface area contributed by atoms with Crippen molar-refractivity contribution in [3.8, 4) is 0 Å². The van der Waals surface area contributed by atoms with Gasteiger partial charge in [-0.15, -0.1) is 0 Å². The predicted molar refractivity (Wildman–Crippen MR) is 66.5 cm³/mol. The van der Waals surface area contributed by atoms with Gasteiger partial charge < -0.3 is 5.73 Å². The van der Waals surface area contributed by atoms with Crippen LogP contribution in [0.1, 0.15) is 13.8 Å². The van der Waals surface area contributed by atoms with E-state index in [1.54, 1.807) is 6.20 Å². The molecule has 15 heavy (non-hydrogen) atoms. The van der Waals surface area contributed by atoms with E-state index in [2.05, 4.69) is 4.98 Å². The summed E-state index contributed by atoms with van der Waals surface area (Å²) >= 11 is 0. The average Bonchev–Trinajstić information content (AvgIpc) is 2.25. The van der Waals surface area contributed by atoms with E-state index in [0.29, 0.717) is 5.82 Å². The van der Waals surface area contributed by atoms with Crippen molar-refractivity contribution in [1.29, 1.82) is 0 Å². The highest BCUT2D eigenvalue weighted by atomic mass is 14.8. The molecule has 0 fully saturated rings. The van der Waals surface area contributed by atoms with Crippen LogP contribution >= 0.6 is 0 Å². The van der Waals surface area contributed by atoms with E-state index in [0.717, 1.165) is 10.4 Å². The highest BCUT2D eigenvalue weighted by Crippen LogP contribution is 1.84. The second kappa shape index (κ2) is 5.81. The molecular formula is C13H16N2.